The number of morpholine rings is 1. The smallest absolute Gasteiger partial charge is 0.423 e. The molecule has 2 aromatic rings. The van der Waals surface area contributed by atoms with Gasteiger partial charge in [0.1, 0.15) is 5.75 Å². The van der Waals surface area contributed by atoms with Crippen LogP contribution in [0.1, 0.15) is 48.5 Å². The van der Waals surface area contributed by atoms with Crippen molar-refractivity contribution in [3.8, 4) is 5.75 Å². The van der Waals surface area contributed by atoms with Gasteiger partial charge in [0.2, 0.25) is 0 Å². The molecule has 2 aromatic carbocycles. The Morgan fingerprint density at radius 3 is 1.82 bits per heavy atom. The van der Waals surface area contributed by atoms with Crippen LogP contribution in [0, 0.1) is 0 Å². The molecule has 0 aliphatic carbocycles. The highest BCUT2D eigenvalue weighted by Gasteiger charge is 2.90. The molecule has 0 spiro atoms. The van der Waals surface area contributed by atoms with Crippen molar-refractivity contribution < 1.29 is 71.7 Å². The number of aryl methyl sites for hydroxylation is 1. The van der Waals surface area contributed by atoms with Gasteiger partial charge in [-0.3, -0.25) is 4.79 Å². The molecule has 0 saturated carbocycles. The lowest BCUT2D eigenvalue weighted by Gasteiger charge is -2.50. The number of halogens is 12. The number of nitrogens with zero attached hydrogens (tertiary/aromatic N) is 1. The Morgan fingerprint density at radius 2 is 1.32 bits per heavy atom. The number of carbonyl (C=O) groups is 2. The average molecular weight is 654 g/mol. The van der Waals surface area contributed by atoms with E-state index in [9.17, 15) is 62.3 Å². The highest BCUT2D eigenvalue weighted by Crippen LogP contribution is 2.60. The Kier molecular flexibility index (Phi) is 9.61. The van der Waals surface area contributed by atoms with Gasteiger partial charge in [0.15, 0.2) is 0 Å². The summed E-state index contributed by atoms with van der Waals surface area (Å²) >= 11 is 0. The van der Waals surface area contributed by atoms with E-state index >= 15 is 0 Å². The lowest BCUT2D eigenvalue weighted by atomic mass is 10.0. The molecule has 0 unspecified atom stereocenters. The number of benzene rings is 2. The van der Waals surface area contributed by atoms with Gasteiger partial charge in [0.25, 0.3) is 0 Å². The third-order valence-corrected chi connectivity index (χ3v) is 6.29. The minimum Gasteiger partial charge on any atom is -0.423 e. The zero-order valence-electron chi connectivity index (χ0n) is 22.3. The Morgan fingerprint density at radius 1 is 0.795 bits per heavy atom. The van der Waals surface area contributed by atoms with Crippen LogP contribution in [0.4, 0.5) is 58.4 Å². The number of ether oxygens (including phenoxy) is 2. The molecule has 0 bridgehead atoms. The summed E-state index contributed by atoms with van der Waals surface area (Å²) in [4.78, 5) is 20.5. The molecule has 18 heteroatoms. The van der Waals surface area contributed by atoms with Gasteiger partial charge in [-0.2, -0.15) is 52.7 Å². The first-order chi connectivity index (χ1) is 20.1. The van der Waals surface area contributed by atoms with E-state index in [2.05, 4.69) is 6.92 Å². The fourth-order valence-electron chi connectivity index (χ4n) is 3.90. The topological polar surface area (TPSA) is 67.9 Å². The van der Waals surface area contributed by atoms with E-state index in [1.54, 1.807) is 12.1 Å². The third kappa shape index (κ3) is 6.45. The van der Waals surface area contributed by atoms with Crippen molar-refractivity contribution in [2.24, 2.45) is 0 Å². The van der Waals surface area contributed by atoms with Crippen LogP contribution in [0.5, 0.6) is 5.75 Å². The molecule has 1 aliphatic heterocycles. The average Bonchev–Trinajstić information content (AvgIpc) is 2.90. The van der Waals surface area contributed by atoms with Crippen molar-refractivity contribution in [3.05, 3.63) is 59.7 Å². The molecule has 1 amide bonds. The quantitative estimate of drug-likeness (QED) is 0.0878. The monoisotopic (exact) mass is 654 g/mol. The minimum absolute atomic E-state index is 0.106. The minimum atomic E-state index is -7.36. The second kappa shape index (κ2) is 12.1. The zero-order chi connectivity index (χ0) is 33.4. The molecule has 0 aromatic heterocycles. The number of nitrogens with one attached hydrogen (secondary N) is 1. The maximum Gasteiger partial charge on any atom is 0.439 e. The molecule has 0 radical (unpaired) electrons. The van der Waals surface area contributed by atoms with Gasteiger partial charge in [0, 0.05) is 5.69 Å². The molecule has 1 N–H and O–H groups in total. The first kappa shape index (κ1) is 34.9. The maximum atomic E-state index is 14.4. The number of alkyl halides is 12. The first-order valence-electron chi connectivity index (χ1n) is 12.6. The second-order valence-corrected chi connectivity index (χ2v) is 9.54. The lowest BCUT2D eigenvalue weighted by Crippen LogP contribution is -2.80. The highest BCUT2D eigenvalue weighted by molar-refractivity contribution is 5.97. The van der Waals surface area contributed by atoms with Crippen LogP contribution in [0.25, 0.3) is 0 Å². The summed E-state index contributed by atoms with van der Waals surface area (Å²) in [6.07, 6.45) is -8.77. The number of hydrogen-bond acceptors (Lipinski definition) is 5. The lowest BCUT2D eigenvalue weighted by molar-refractivity contribution is -0.591. The van der Waals surface area contributed by atoms with E-state index in [0.717, 1.165) is 55.1 Å². The molecule has 44 heavy (non-hydrogen) atoms. The van der Waals surface area contributed by atoms with Crippen LogP contribution in [-0.2, 0) is 16.0 Å². The van der Waals surface area contributed by atoms with E-state index in [0.29, 0.717) is 12.1 Å². The SMILES string of the molecule is CCCCCCc1ccc(C(=O)Oc2ccc(NC(=O)C(F)(F)C(F)(F)N3C(F)(F)C(F)(F)OC(F)(F)C3(F)F)cc2)cc1. The van der Waals surface area contributed by atoms with Crippen molar-refractivity contribution in [1.29, 1.82) is 0 Å². The number of anilines is 1. The molecule has 1 saturated heterocycles. The molecular formula is C26H22F12N2O4. The van der Waals surface area contributed by atoms with Crippen LogP contribution in [-0.4, -0.2) is 53.1 Å². The predicted octanol–water partition coefficient (Wildman–Crippen LogP) is 7.90. The van der Waals surface area contributed by atoms with Crippen molar-refractivity contribution in [1.82, 2.24) is 4.90 Å². The Balaban J connectivity index is 1.72. The van der Waals surface area contributed by atoms with Gasteiger partial charge in [0.05, 0.1) is 5.56 Å². The van der Waals surface area contributed by atoms with Gasteiger partial charge < -0.3 is 10.1 Å². The standard InChI is InChI=1S/C26H22F12N2O4/c1-2-3-4-5-6-15-7-9-16(10-8-15)19(41)43-18-13-11-17(12-14-18)39-20(42)21(27,28)22(29,30)40-23(31,32)25(35,36)44-26(37,38)24(40,33)34/h7-14H,2-6H2,1H3,(H,39,42). The summed E-state index contributed by atoms with van der Waals surface area (Å²) in [5, 5.41) is 1.03. The molecule has 1 aliphatic rings. The molecule has 1 fully saturated rings. The number of carbonyl (C=O) groups excluding carboxylic acids is 2. The number of hydrogen-bond donors (Lipinski definition) is 1. The van der Waals surface area contributed by atoms with E-state index in [-0.39, 0.29) is 11.3 Å². The molecule has 1 heterocycles. The van der Waals surface area contributed by atoms with Gasteiger partial charge in [-0.05, 0) is 54.8 Å². The summed E-state index contributed by atoms with van der Waals surface area (Å²) in [6.45, 7) is 2.07. The molecule has 244 valence electrons. The van der Waals surface area contributed by atoms with E-state index in [4.69, 9.17) is 4.74 Å². The summed E-state index contributed by atoms with van der Waals surface area (Å²) < 4.78 is 173. The van der Waals surface area contributed by atoms with Crippen LogP contribution >= 0.6 is 0 Å². The molecule has 0 atom stereocenters. The van der Waals surface area contributed by atoms with Gasteiger partial charge in [-0.25, -0.2) is 9.53 Å². The van der Waals surface area contributed by atoms with Crippen LogP contribution < -0.4 is 10.1 Å². The summed E-state index contributed by atoms with van der Waals surface area (Å²) in [5.41, 5.74) is 0.229. The largest absolute Gasteiger partial charge is 0.439 e. The number of rotatable bonds is 11. The van der Waals surface area contributed by atoms with E-state index in [1.165, 1.54) is 12.1 Å². The van der Waals surface area contributed by atoms with Gasteiger partial charge in [-0.15, -0.1) is 0 Å². The summed E-state index contributed by atoms with van der Waals surface area (Å²) in [5.74, 6) is -11.2. The second-order valence-electron chi connectivity index (χ2n) is 9.54. The van der Waals surface area contributed by atoms with Crippen molar-refractivity contribution >= 4 is 17.6 Å². The third-order valence-electron chi connectivity index (χ3n) is 6.29. The maximum absolute atomic E-state index is 14.4. The number of amides is 1. The normalized spacial score (nSPS) is 19.3. The fourth-order valence-corrected chi connectivity index (χ4v) is 3.90. The molecule has 6 nitrogen and oxygen atoms in total. The number of esters is 1. The van der Waals surface area contributed by atoms with Crippen LogP contribution in [0.3, 0.4) is 0 Å². The van der Waals surface area contributed by atoms with Gasteiger partial charge in [-0.1, -0.05) is 43.2 Å². The Labute approximate surface area is 240 Å². The first-order valence-corrected chi connectivity index (χ1v) is 12.6. The predicted molar refractivity (Wildman–Crippen MR) is 127 cm³/mol. The zero-order valence-corrected chi connectivity index (χ0v) is 22.3. The van der Waals surface area contributed by atoms with Crippen molar-refractivity contribution in [3.63, 3.8) is 0 Å². The summed E-state index contributed by atoms with van der Waals surface area (Å²) in [6, 6.07) is -12.4. The molecular weight excluding hydrogens is 632 g/mol. The van der Waals surface area contributed by atoms with Crippen LogP contribution in [0.2, 0.25) is 0 Å². The Bertz CT molecular complexity index is 1310. The van der Waals surface area contributed by atoms with E-state index < -0.39 is 58.7 Å². The highest BCUT2D eigenvalue weighted by atomic mass is 19.4. The van der Waals surface area contributed by atoms with Crippen LogP contribution in [0.15, 0.2) is 48.5 Å². The Hall–Kier alpha value is -3.54. The van der Waals surface area contributed by atoms with Gasteiger partial charge >= 0.3 is 48.2 Å². The molecule has 3 rings (SSSR count). The number of unbranched alkanes of at least 4 members (excludes halogenated alkanes) is 3. The summed E-state index contributed by atoms with van der Waals surface area (Å²) in [7, 11) is 0. The van der Waals surface area contributed by atoms with Crippen molar-refractivity contribution in [2.75, 3.05) is 5.32 Å². The van der Waals surface area contributed by atoms with Crippen molar-refractivity contribution in [2.45, 2.75) is 75.3 Å². The van der Waals surface area contributed by atoms with E-state index in [1.807, 2.05) is 4.74 Å². The fraction of sp³-hybridized carbons (Fsp3) is 0.462.